The predicted molar refractivity (Wildman–Crippen MR) is 91.6 cm³/mol. The highest BCUT2D eigenvalue weighted by atomic mass is 32.2. The fraction of sp³-hybridized carbons (Fsp3) is 0.333. The number of nitrogens with two attached hydrogens (primary N) is 1. The van der Waals surface area contributed by atoms with Gasteiger partial charge in [-0.05, 0) is 36.6 Å². The summed E-state index contributed by atoms with van der Waals surface area (Å²) in [4.78, 5) is -0.257. The van der Waals surface area contributed by atoms with Gasteiger partial charge in [-0.15, -0.1) is 0 Å². The van der Waals surface area contributed by atoms with Crippen molar-refractivity contribution in [2.75, 3.05) is 19.6 Å². The van der Waals surface area contributed by atoms with Gasteiger partial charge in [-0.1, -0.05) is 42.5 Å². The monoisotopic (exact) mass is 348 g/mol. The molecule has 6 heteroatoms. The largest absolute Gasteiger partial charge is 0.330 e. The number of hydrogen-bond donors (Lipinski definition) is 1. The Labute approximate surface area is 142 Å². The molecule has 0 saturated carbocycles. The van der Waals surface area contributed by atoms with Crippen molar-refractivity contribution in [3.05, 3.63) is 65.5 Å². The molecule has 1 aliphatic heterocycles. The van der Waals surface area contributed by atoms with Crippen LogP contribution in [0.1, 0.15) is 17.0 Å². The minimum atomic E-state index is -3.87. The van der Waals surface area contributed by atoms with Crippen LogP contribution in [0, 0.1) is 18.7 Å². The van der Waals surface area contributed by atoms with Gasteiger partial charge < -0.3 is 5.73 Å². The molecule has 128 valence electrons. The third-order valence-electron chi connectivity index (χ3n) is 4.71. The van der Waals surface area contributed by atoms with Crippen molar-refractivity contribution in [1.29, 1.82) is 0 Å². The van der Waals surface area contributed by atoms with E-state index in [1.807, 2.05) is 30.3 Å². The summed E-state index contributed by atoms with van der Waals surface area (Å²) in [5.74, 6) is -0.626. The van der Waals surface area contributed by atoms with Crippen LogP contribution < -0.4 is 5.73 Å². The third kappa shape index (κ3) is 2.97. The van der Waals surface area contributed by atoms with E-state index in [-0.39, 0.29) is 16.7 Å². The summed E-state index contributed by atoms with van der Waals surface area (Å²) in [5, 5.41) is 0. The first-order valence-corrected chi connectivity index (χ1v) is 9.39. The van der Waals surface area contributed by atoms with Crippen molar-refractivity contribution >= 4 is 10.0 Å². The van der Waals surface area contributed by atoms with Crippen molar-refractivity contribution in [3.63, 3.8) is 0 Å². The summed E-state index contributed by atoms with van der Waals surface area (Å²) >= 11 is 0. The Morgan fingerprint density at radius 1 is 1.12 bits per heavy atom. The fourth-order valence-corrected chi connectivity index (χ4v) is 4.96. The van der Waals surface area contributed by atoms with Gasteiger partial charge in [0.2, 0.25) is 10.0 Å². The lowest BCUT2D eigenvalue weighted by atomic mass is 9.89. The smallest absolute Gasteiger partial charge is 0.246 e. The van der Waals surface area contributed by atoms with Crippen LogP contribution in [0.15, 0.2) is 53.4 Å². The van der Waals surface area contributed by atoms with E-state index in [2.05, 4.69) is 0 Å². The van der Waals surface area contributed by atoms with E-state index in [9.17, 15) is 12.8 Å². The second kappa shape index (κ2) is 6.63. The Hall–Kier alpha value is -1.76. The van der Waals surface area contributed by atoms with Crippen molar-refractivity contribution in [2.45, 2.75) is 17.7 Å². The summed E-state index contributed by atoms with van der Waals surface area (Å²) in [6, 6.07) is 14.2. The lowest BCUT2D eigenvalue weighted by Gasteiger charge is -2.17. The van der Waals surface area contributed by atoms with Gasteiger partial charge in [-0.2, -0.15) is 4.31 Å². The molecule has 1 aliphatic rings. The Kier molecular flexibility index (Phi) is 4.71. The molecule has 0 amide bonds. The van der Waals surface area contributed by atoms with Crippen molar-refractivity contribution < 1.29 is 12.8 Å². The van der Waals surface area contributed by atoms with E-state index >= 15 is 0 Å². The summed E-state index contributed by atoms with van der Waals surface area (Å²) in [7, 11) is -3.87. The highest BCUT2D eigenvalue weighted by Crippen LogP contribution is 2.35. The molecule has 24 heavy (non-hydrogen) atoms. The number of rotatable bonds is 4. The number of halogens is 1. The molecule has 1 heterocycles. The minimum Gasteiger partial charge on any atom is -0.330 e. The first-order chi connectivity index (χ1) is 11.4. The van der Waals surface area contributed by atoms with Crippen LogP contribution in [-0.2, 0) is 10.0 Å². The molecular formula is C18H21FN2O2S. The molecule has 0 unspecified atom stereocenters. The number of nitrogens with zero attached hydrogens (tertiary/aromatic N) is 1. The molecule has 2 aromatic rings. The van der Waals surface area contributed by atoms with E-state index in [1.165, 1.54) is 10.4 Å². The number of sulfonamides is 1. The predicted octanol–water partition coefficient (Wildman–Crippen LogP) is 2.50. The van der Waals surface area contributed by atoms with Gasteiger partial charge in [0.15, 0.2) is 0 Å². The van der Waals surface area contributed by atoms with Crippen LogP contribution in [0.4, 0.5) is 4.39 Å². The summed E-state index contributed by atoms with van der Waals surface area (Å²) in [6.45, 7) is 2.59. The molecule has 3 rings (SSSR count). The highest BCUT2D eigenvalue weighted by molar-refractivity contribution is 7.89. The maximum Gasteiger partial charge on any atom is 0.246 e. The quantitative estimate of drug-likeness (QED) is 0.923. The number of benzene rings is 2. The van der Waals surface area contributed by atoms with Gasteiger partial charge in [0.25, 0.3) is 0 Å². The molecule has 0 aromatic heterocycles. The topological polar surface area (TPSA) is 63.4 Å². The number of hydrogen-bond acceptors (Lipinski definition) is 3. The SMILES string of the molecule is Cc1cccc(S(=O)(=O)N2C[C@@H](CN)[C@H](c3ccccc3)C2)c1F. The van der Waals surface area contributed by atoms with Gasteiger partial charge in [0.05, 0.1) is 0 Å². The van der Waals surface area contributed by atoms with E-state index in [0.29, 0.717) is 25.2 Å². The molecule has 0 aliphatic carbocycles. The molecule has 0 radical (unpaired) electrons. The second-order valence-corrected chi connectivity index (χ2v) is 8.13. The molecule has 4 nitrogen and oxygen atoms in total. The summed E-state index contributed by atoms with van der Waals surface area (Å²) < 4.78 is 41.5. The molecule has 0 spiro atoms. The van der Waals surface area contributed by atoms with Crippen molar-refractivity contribution in [3.8, 4) is 0 Å². The average molecular weight is 348 g/mol. The average Bonchev–Trinajstić information content (AvgIpc) is 3.03. The fourth-order valence-electron chi connectivity index (χ4n) is 3.30. The Morgan fingerprint density at radius 2 is 1.83 bits per heavy atom. The van der Waals surface area contributed by atoms with Gasteiger partial charge in [0.1, 0.15) is 10.7 Å². The number of aryl methyl sites for hydroxylation is 1. The van der Waals surface area contributed by atoms with Gasteiger partial charge in [-0.3, -0.25) is 0 Å². The van der Waals surface area contributed by atoms with E-state index in [1.54, 1.807) is 19.1 Å². The van der Waals surface area contributed by atoms with Gasteiger partial charge in [-0.25, -0.2) is 12.8 Å². The van der Waals surface area contributed by atoms with E-state index in [4.69, 9.17) is 5.73 Å². The molecular weight excluding hydrogens is 327 g/mol. The summed E-state index contributed by atoms with van der Waals surface area (Å²) in [5.41, 5.74) is 7.25. The zero-order valence-electron chi connectivity index (χ0n) is 13.5. The maximum atomic E-state index is 14.3. The lowest BCUT2D eigenvalue weighted by Crippen LogP contribution is -2.30. The standard InChI is InChI=1S/C18H21FN2O2S/c1-13-6-5-9-17(18(13)19)24(22,23)21-11-15(10-20)16(12-21)14-7-3-2-4-8-14/h2-9,15-16H,10-12,20H2,1H3/t15-,16+/m1/s1. The Bertz CT molecular complexity index is 824. The Morgan fingerprint density at radius 3 is 2.50 bits per heavy atom. The van der Waals surface area contributed by atoms with Crippen LogP contribution >= 0.6 is 0 Å². The first kappa shape index (κ1) is 17.1. The molecule has 0 bridgehead atoms. The molecule has 2 aromatic carbocycles. The van der Waals surface area contributed by atoms with Crippen LogP contribution in [0.5, 0.6) is 0 Å². The van der Waals surface area contributed by atoms with Crippen LogP contribution in [0.3, 0.4) is 0 Å². The molecule has 2 atom stereocenters. The molecule has 1 fully saturated rings. The first-order valence-electron chi connectivity index (χ1n) is 7.95. The maximum absolute atomic E-state index is 14.3. The van der Waals surface area contributed by atoms with Crippen LogP contribution in [-0.4, -0.2) is 32.4 Å². The highest BCUT2D eigenvalue weighted by Gasteiger charge is 2.40. The van der Waals surface area contributed by atoms with Crippen molar-refractivity contribution in [1.82, 2.24) is 4.31 Å². The van der Waals surface area contributed by atoms with Gasteiger partial charge >= 0.3 is 0 Å². The van der Waals surface area contributed by atoms with Crippen LogP contribution in [0.2, 0.25) is 0 Å². The summed E-state index contributed by atoms with van der Waals surface area (Å²) in [6.07, 6.45) is 0. The van der Waals surface area contributed by atoms with E-state index < -0.39 is 15.8 Å². The zero-order valence-corrected chi connectivity index (χ0v) is 14.3. The Balaban J connectivity index is 1.94. The minimum absolute atomic E-state index is 0.0232. The van der Waals surface area contributed by atoms with Crippen molar-refractivity contribution in [2.24, 2.45) is 11.7 Å². The zero-order chi connectivity index (χ0) is 17.3. The second-order valence-electron chi connectivity index (χ2n) is 6.22. The van der Waals surface area contributed by atoms with E-state index in [0.717, 1.165) is 5.56 Å². The lowest BCUT2D eigenvalue weighted by molar-refractivity contribution is 0.452. The van der Waals surface area contributed by atoms with Crippen LogP contribution in [0.25, 0.3) is 0 Å². The van der Waals surface area contributed by atoms with Gasteiger partial charge in [0, 0.05) is 19.0 Å². The normalized spacial score (nSPS) is 22.0. The molecule has 1 saturated heterocycles. The third-order valence-corrected chi connectivity index (χ3v) is 6.56. The molecule has 2 N–H and O–H groups in total.